The van der Waals surface area contributed by atoms with E-state index in [0.29, 0.717) is 45.2 Å². The van der Waals surface area contributed by atoms with Crippen LogP contribution in [0.5, 0.6) is 0 Å². The first kappa shape index (κ1) is 21.0. The lowest BCUT2D eigenvalue weighted by molar-refractivity contribution is 0.103. The Morgan fingerprint density at radius 1 is 0.541 bits per heavy atom. The molecule has 6 aromatic rings. The molecule has 37 heavy (non-hydrogen) atoms. The number of aromatic nitrogens is 5. The number of carbonyl (C=O) groups excluding carboxylic acids is 1. The minimum absolute atomic E-state index is 0.112. The Labute approximate surface area is 210 Å². The van der Waals surface area contributed by atoms with Crippen molar-refractivity contribution in [2.45, 2.75) is 0 Å². The fourth-order valence-electron chi connectivity index (χ4n) is 4.62. The normalized spacial score (nSPS) is 11.9. The molecule has 1 aliphatic rings. The molecule has 0 unspecified atom stereocenters. The van der Waals surface area contributed by atoms with Crippen molar-refractivity contribution in [1.82, 2.24) is 24.5 Å². The van der Waals surface area contributed by atoms with Crippen LogP contribution in [0, 0.1) is 0 Å². The fraction of sp³-hybridized carbons (Fsp3) is 0. The second kappa shape index (κ2) is 8.13. The van der Waals surface area contributed by atoms with E-state index in [1.54, 1.807) is 36.4 Å². The second-order valence-corrected chi connectivity index (χ2v) is 8.69. The highest BCUT2D eigenvalue weighted by molar-refractivity contribution is 6.14. The summed E-state index contributed by atoms with van der Waals surface area (Å²) < 4.78 is 1.39. The monoisotopic (exact) mass is 479 g/mol. The molecule has 7 heteroatoms. The summed E-state index contributed by atoms with van der Waals surface area (Å²) in [7, 11) is 0. The third kappa shape index (κ3) is 3.36. The van der Waals surface area contributed by atoms with Crippen LogP contribution in [-0.2, 0) is 0 Å². The lowest BCUT2D eigenvalue weighted by atomic mass is 10.1. The number of rotatable bonds is 3. The fourth-order valence-corrected chi connectivity index (χ4v) is 4.62. The first-order valence-corrected chi connectivity index (χ1v) is 11.8. The summed E-state index contributed by atoms with van der Waals surface area (Å²) in [6.07, 6.45) is 0. The molecule has 0 spiro atoms. The quantitative estimate of drug-likeness (QED) is 0.350. The molecule has 4 aromatic carbocycles. The van der Waals surface area contributed by atoms with Gasteiger partial charge in [-0.3, -0.25) is 14.2 Å². The Balaban J connectivity index is 1.41. The molecule has 0 radical (unpaired) electrons. The van der Waals surface area contributed by atoms with Gasteiger partial charge in [-0.25, -0.2) is 19.9 Å². The van der Waals surface area contributed by atoms with Gasteiger partial charge in [0, 0.05) is 16.7 Å². The van der Waals surface area contributed by atoms with E-state index < -0.39 is 0 Å². The van der Waals surface area contributed by atoms with E-state index >= 15 is 0 Å². The Morgan fingerprint density at radius 3 is 1.76 bits per heavy atom. The summed E-state index contributed by atoms with van der Waals surface area (Å²) in [5.41, 5.74) is 3.49. The maximum atomic E-state index is 13.4. The molecule has 0 bridgehead atoms. The van der Waals surface area contributed by atoms with Gasteiger partial charge in [-0.05, 0) is 30.3 Å². The zero-order chi connectivity index (χ0) is 24.9. The van der Waals surface area contributed by atoms with Gasteiger partial charge in [0.1, 0.15) is 0 Å². The van der Waals surface area contributed by atoms with Gasteiger partial charge in [0.25, 0.3) is 5.56 Å². The van der Waals surface area contributed by atoms with Crippen molar-refractivity contribution in [1.29, 1.82) is 0 Å². The Bertz CT molecular complexity index is 1860. The average Bonchev–Trinajstić information content (AvgIpc) is 3.25. The number of carbonyl (C=O) groups is 1. The van der Waals surface area contributed by atoms with Gasteiger partial charge in [-0.1, -0.05) is 72.8 Å². The van der Waals surface area contributed by atoms with Crippen molar-refractivity contribution in [3.8, 4) is 39.9 Å². The van der Waals surface area contributed by atoms with Crippen LogP contribution in [0.2, 0.25) is 0 Å². The van der Waals surface area contributed by atoms with Crippen molar-refractivity contribution in [2.75, 3.05) is 0 Å². The molecule has 2 aromatic heterocycles. The van der Waals surface area contributed by atoms with Crippen molar-refractivity contribution in [2.24, 2.45) is 0 Å². The van der Waals surface area contributed by atoms with Crippen LogP contribution in [-0.4, -0.2) is 30.3 Å². The zero-order valence-electron chi connectivity index (χ0n) is 19.4. The Kier molecular flexibility index (Phi) is 4.62. The van der Waals surface area contributed by atoms with Crippen LogP contribution >= 0.6 is 0 Å². The van der Waals surface area contributed by atoms with Gasteiger partial charge in [0.05, 0.1) is 22.2 Å². The lowest BCUT2D eigenvalue weighted by Crippen LogP contribution is -2.21. The Morgan fingerprint density at radius 2 is 1.11 bits per heavy atom. The van der Waals surface area contributed by atoms with Gasteiger partial charge in [-0.15, -0.1) is 0 Å². The molecule has 0 saturated heterocycles. The van der Waals surface area contributed by atoms with E-state index in [1.807, 2.05) is 66.7 Å². The van der Waals surface area contributed by atoms with E-state index in [2.05, 4.69) is 4.98 Å². The molecule has 0 aliphatic carbocycles. The maximum absolute atomic E-state index is 13.4. The standard InChI is InChI=1S/C30H17N5O2/c36-25-22-17-20(15-16-24(22)35-29(25)31-23-14-8-7-13-21(23)30(35)37)28-33-26(18-9-3-1-4-10-18)32-27(34-28)19-11-5-2-6-12-19/h1-17H. The van der Waals surface area contributed by atoms with Gasteiger partial charge in [-0.2, -0.15) is 0 Å². The van der Waals surface area contributed by atoms with Gasteiger partial charge >= 0.3 is 0 Å². The predicted octanol–water partition coefficient (Wildman–Crippen LogP) is 5.12. The van der Waals surface area contributed by atoms with E-state index in [1.165, 1.54) is 4.57 Å². The predicted molar refractivity (Wildman–Crippen MR) is 140 cm³/mol. The number of fused-ring (bicyclic) bond motifs is 4. The summed E-state index contributed by atoms with van der Waals surface area (Å²) in [5, 5.41) is 0.466. The highest BCUT2D eigenvalue weighted by Crippen LogP contribution is 2.31. The summed E-state index contributed by atoms with van der Waals surface area (Å²) in [6.45, 7) is 0. The molecule has 0 atom stereocenters. The number of nitrogens with zero attached hydrogens (tertiary/aromatic N) is 5. The van der Waals surface area contributed by atoms with Crippen molar-refractivity contribution in [3.05, 3.63) is 125 Å². The van der Waals surface area contributed by atoms with Gasteiger partial charge < -0.3 is 0 Å². The van der Waals surface area contributed by atoms with Gasteiger partial charge in [0.2, 0.25) is 5.78 Å². The van der Waals surface area contributed by atoms with Crippen LogP contribution in [0.1, 0.15) is 16.2 Å². The maximum Gasteiger partial charge on any atom is 0.266 e. The lowest BCUT2D eigenvalue weighted by Gasteiger charge is -2.09. The molecule has 0 saturated carbocycles. The first-order valence-electron chi connectivity index (χ1n) is 11.8. The van der Waals surface area contributed by atoms with E-state index in [9.17, 15) is 9.59 Å². The minimum atomic E-state index is -0.305. The molecule has 0 N–H and O–H groups in total. The molecular formula is C30H17N5O2. The minimum Gasteiger partial charge on any atom is -0.285 e. The summed E-state index contributed by atoms with van der Waals surface area (Å²) in [5.74, 6) is 1.30. The highest BCUT2D eigenvalue weighted by atomic mass is 16.1. The molecule has 3 heterocycles. The van der Waals surface area contributed by atoms with Gasteiger partial charge in [0.15, 0.2) is 23.3 Å². The largest absolute Gasteiger partial charge is 0.285 e. The molecule has 7 nitrogen and oxygen atoms in total. The highest BCUT2D eigenvalue weighted by Gasteiger charge is 2.31. The van der Waals surface area contributed by atoms with E-state index in [0.717, 1.165) is 11.1 Å². The third-order valence-electron chi connectivity index (χ3n) is 6.42. The summed E-state index contributed by atoms with van der Waals surface area (Å²) >= 11 is 0. The molecule has 0 amide bonds. The molecule has 0 fully saturated rings. The zero-order valence-corrected chi connectivity index (χ0v) is 19.4. The van der Waals surface area contributed by atoms with Crippen LogP contribution in [0.25, 0.3) is 50.8 Å². The third-order valence-corrected chi connectivity index (χ3v) is 6.42. The average molecular weight is 479 g/mol. The number of ketones is 1. The smallest absolute Gasteiger partial charge is 0.266 e. The second-order valence-electron chi connectivity index (χ2n) is 8.69. The summed E-state index contributed by atoms with van der Waals surface area (Å²) in [4.78, 5) is 45.3. The molecule has 7 rings (SSSR count). The summed E-state index contributed by atoms with van der Waals surface area (Å²) in [6, 6.07) is 31.7. The number of hydrogen-bond acceptors (Lipinski definition) is 6. The van der Waals surface area contributed by atoms with E-state index in [4.69, 9.17) is 15.0 Å². The van der Waals surface area contributed by atoms with Crippen LogP contribution in [0.3, 0.4) is 0 Å². The molecule has 1 aliphatic heterocycles. The number of benzene rings is 4. The number of hydrogen-bond donors (Lipinski definition) is 0. The van der Waals surface area contributed by atoms with Crippen LogP contribution in [0.4, 0.5) is 0 Å². The topological polar surface area (TPSA) is 90.6 Å². The van der Waals surface area contributed by atoms with Crippen LogP contribution < -0.4 is 5.56 Å². The van der Waals surface area contributed by atoms with E-state index in [-0.39, 0.29) is 17.2 Å². The molecule has 174 valence electrons. The Hall–Kier alpha value is -5.30. The van der Waals surface area contributed by atoms with Crippen molar-refractivity contribution < 1.29 is 4.79 Å². The first-order chi connectivity index (χ1) is 18.2. The van der Waals surface area contributed by atoms with Crippen LogP contribution in [0.15, 0.2) is 108 Å². The number of para-hydroxylation sites is 1. The van der Waals surface area contributed by atoms with Crippen molar-refractivity contribution in [3.63, 3.8) is 0 Å². The molecular weight excluding hydrogens is 462 g/mol. The van der Waals surface area contributed by atoms with Crippen molar-refractivity contribution >= 4 is 16.7 Å². The SMILES string of the molecule is O=C1c2cc(-c3nc(-c4ccccc4)nc(-c4ccccc4)n3)ccc2-n2c1nc1ccccc1c2=O.